The van der Waals surface area contributed by atoms with E-state index in [1.165, 1.54) is 55.6 Å². The molecule has 0 spiro atoms. The predicted octanol–water partition coefficient (Wildman–Crippen LogP) is 3.78. The Kier molecular flexibility index (Phi) is 6.12. The lowest BCUT2D eigenvalue weighted by molar-refractivity contribution is -0.384. The topological polar surface area (TPSA) is 107 Å². The first kappa shape index (κ1) is 21.0. The average Bonchev–Trinajstić information content (AvgIpc) is 2.77. The molecular weight excluding hydrogens is 408 g/mol. The van der Waals surface area contributed by atoms with Crippen LogP contribution >= 0.6 is 0 Å². The van der Waals surface area contributed by atoms with Gasteiger partial charge >= 0.3 is 5.97 Å². The standard InChI is InChI=1S/C21H18N2O6S/c1-22(18-7-3-2-4-8-18)30(27,28)20-9-5-6-17(14-20)21(24)29-15-16-10-12-19(13-11-16)23(25)26/h2-14H,15H2,1H3. The van der Waals surface area contributed by atoms with Gasteiger partial charge in [-0.2, -0.15) is 0 Å². The Balaban J connectivity index is 1.74. The fourth-order valence-corrected chi connectivity index (χ4v) is 3.91. The second-order valence-electron chi connectivity index (χ2n) is 6.34. The largest absolute Gasteiger partial charge is 0.457 e. The number of nitrogens with zero attached hydrogens (tertiary/aromatic N) is 2. The summed E-state index contributed by atoms with van der Waals surface area (Å²) in [5, 5.41) is 10.7. The van der Waals surface area contributed by atoms with Crippen molar-refractivity contribution in [3.8, 4) is 0 Å². The molecule has 3 aromatic carbocycles. The maximum Gasteiger partial charge on any atom is 0.338 e. The summed E-state index contributed by atoms with van der Waals surface area (Å²) in [6.45, 7) is -0.0995. The molecule has 154 valence electrons. The van der Waals surface area contributed by atoms with Gasteiger partial charge in [-0.3, -0.25) is 14.4 Å². The number of carbonyl (C=O) groups excluding carboxylic acids is 1. The molecule has 0 radical (unpaired) electrons. The monoisotopic (exact) mass is 426 g/mol. The van der Waals surface area contributed by atoms with E-state index in [0.717, 1.165) is 4.31 Å². The van der Waals surface area contributed by atoms with Gasteiger partial charge in [-0.1, -0.05) is 24.3 Å². The number of benzene rings is 3. The number of nitro groups is 1. The third-order valence-electron chi connectivity index (χ3n) is 4.37. The molecule has 8 nitrogen and oxygen atoms in total. The fourth-order valence-electron chi connectivity index (χ4n) is 2.66. The third kappa shape index (κ3) is 4.64. The van der Waals surface area contributed by atoms with Crippen LogP contribution in [0.1, 0.15) is 15.9 Å². The quantitative estimate of drug-likeness (QED) is 0.323. The molecule has 0 amide bonds. The van der Waals surface area contributed by atoms with Crippen molar-refractivity contribution >= 4 is 27.4 Å². The number of rotatable bonds is 7. The van der Waals surface area contributed by atoms with Crippen LogP contribution in [0.3, 0.4) is 0 Å². The van der Waals surface area contributed by atoms with Gasteiger partial charge in [0, 0.05) is 19.2 Å². The van der Waals surface area contributed by atoms with Crippen LogP contribution in [0.5, 0.6) is 0 Å². The van der Waals surface area contributed by atoms with Crippen LogP contribution in [-0.2, 0) is 21.4 Å². The highest BCUT2D eigenvalue weighted by molar-refractivity contribution is 7.92. The summed E-state index contributed by atoms with van der Waals surface area (Å²) >= 11 is 0. The first-order valence-electron chi connectivity index (χ1n) is 8.83. The normalized spacial score (nSPS) is 11.0. The number of esters is 1. The van der Waals surface area contributed by atoms with E-state index >= 15 is 0 Å². The molecule has 9 heteroatoms. The molecule has 0 saturated heterocycles. The number of nitro benzene ring substituents is 1. The van der Waals surface area contributed by atoms with Gasteiger partial charge in [0.15, 0.2) is 0 Å². The first-order valence-corrected chi connectivity index (χ1v) is 10.3. The van der Waals surface area contributed by atoms with Crippen LogP contribution in [0, 0.1) is 10.1 Å². The highest BCUT2D eigenvalue weighted by Gasteiger charge is 2.22. The molecule has 0 saturated carbocycles. The second kappa shape index (κ2) is 8.75. The van der Waals surface area contributed by atoms with Crippen molar-refractivity contribution in [1.29, 1.82) is 0 Å². The summed E-state index contributed by atoms with van der Waals surface area (Å²) < 4.78 is 32.1. The Labute approximate surface area is 173 Å². The number of hydrogen-bond acceptors (Lipinski definition) is 6. The van der Waals surface area contributed by atoms with E-state index in [1.54, 1.807) is 30.3 Å². The molecule has 0 bridgehead atoms. The van der Waals surface area contributed by atoms with Crippen LogP contribution in [0.2, 0.25) is 0 Å². The van der Waals surface area contributed by atoms with E-state index < -0.39 is 20.9 Å². The Morgan fingerprint density at radius 1 is 1.00 bits per heavy atom. The number of para-hydroxylation sites is 1. The van der Waals surface area contributed by atoms with E-state index in [0.29, 0.717) is 11.3 Å². The zero-order chi connectivity index (χ0) is 21.7. The van der Waals surface area contributed by atoms with Crippen LogP contribution in [0.4, 0.5) is 11.4 Å². The Morgan fingerprint density at radius 2 is 1.67 bits per heavy atom. The van der Waals surface area contributed by atoms with Gasteiger partial charge in [0.1, 0.15) is 6.61 Å². The summed E-state index contributed by atoms with van der Waals surface area (Å²) in [4.78, 5) is 22.5. The molecule has 3 rings (SSSR count). The highest BCUT2D eigenvalue weighted by Crippen LogP contribution is 2.22. The van der Waals surface area contributed by atoms with Crippen molar-refractivity contribution in [3.05, 3.63) is 100 Å². The zero-order valence-electron chi connectivity index (χ0n) is 16.0. The van der Waals surface area contributed by atoms with E-state index in [4.69, 9.17) is 4.74 Å². The summed E-state index contributed by atoms with van der Waals surface area (Å²) in [6.07, 6.45) is 0. The van der Waals surface area contributed by atoms with Crippen molar-refractivity contribution in [2.24, 2.45) is 0 Å². The molecule has 0 fully saturated rings. The molecule has 0 aliphatic heterocycles. The summed E-state index contributed by atoms with van der Waals surface area (Å²) in [6, 6.07) is 19.8. The molecule has 0 aromatic heterocycles. The molecule has 30 heavy (non-hydrogen) atoms. The van der Waals surface area contributed by atoms with Gasteiger partial charge in [0.2, 0.25) is 0 Å². The lowest BCUT2D eigenvalue weighted by Crippen LogP contribution is -2.26. The van der Waals surface area contributed by atoms with E-state index in [1.807, 2.05) is 0 Å². The molecule has 3 aromatic rings. The molecule has 0 unspecified atom stereocenters. The Hall–Kier alpha value is -3.72. The third-order valence-corrected chi connectivity index (χ3v) is 6.15. The Morgan fingerprint density at radius 3 is 2.30 bits per heavy atom. The number of sulfonamides is 1. The minimum absolute atomic E-state index is 0.0429. The Bertz CT molecular complexity index is 1160. The number of anilines is 1. The number of non-ortho nitro benzene ring substituents is 1. The van der Waals surface area contributed by atoms with E-state index in [2.05, 4.69) is 0 Å². The van der Waals surface area contributed by atoms with Gasteiger partial charge in [0.25, 0.3) is 15.7 Å². The van der Waals surface area contributed by atoms with Gasteiger partial charge < -0.3 is 4.74 Å². The van der Waals surface area contributed by atoms with Crippen molar-refractivity contribution in [2.75, 3.05) is 11.4 Å². The van der Waals surface area contributed by atoms with Crippen molar-refractivity contribution in [1.82, 2.24) is 0 Å². The smallest absolute Gasteiger partial charge is 0.338 e. The highest BCUT2D eigenvalue weighted by atomic mass is 32.2. The lowest BCUT2D eigenvalue weighted by Gasteiger charge is -2.19. The summed E-state index contributed by atoms with van der Waals surface area (Å²) in [5.74, 6) is -0.701. The van der Waals surface area contributed by atoms with Crippen molar-refractivity contribution in [3.63, 3.8) is 0 Å². The fraction of sp³-hybridized carbons (Fsp3) is 0.0952. The van der Waals surface area contributed by atoms with Gasteiger partial charge in [-0.05, 0) is 48.0 Å². The van der Waals surface area contributed by atoms with Crippen molar-refractivity contribution in [2.45, 2.75) is 11.5 Å². The zero-order valence-corrected chi connectivity index (χ0v) is 16.8. The molecule has 0 aliphatic carbocycles. The predicted molar refractivity (Wildman–Crippen MR) is 111 cm³/mol. The number of hydrogen-bond donors (Lipinski definition) is 0. The van der Waals surface area contributed by atoms with E-state index in [9.17, 15) is 23.3 Å². The molecular formula is C21H18N2O6S. The first-order chi connectivity index (χ1) is 14.3. The van der Waals surface area contributed by atoms with Gasteiger partial charge in [-0.25, -0.2) is 13.2 Å². The van der Waals surface area contributed by atoms with Gasteiger partial charge in [0.05, 0.1) is 21.1 Å². The SMILES string of the molecule is CN(c1ccccc1)S(=O)(=O)c1cccc(C(=O)OCc2ccc([N+](=O)[O-])cc2)c1. The summed E-state index contributed by atoms with van der Waals surface area (Å²) in [7, 11) is -2.43. The molecule has 0 aliphatic rings. The molecule has 0 N–H and O–H groups in total. The van der Waals surface area contributed by atoms with Crippen molar-refractivity contribution < 1.29 is 22.9 Å². The van der Waals surface area contributed by atoms with Crippen LogP contribution in [-0.4, -0.2) is 26.4 Å². The van der Waals surface area contributed by atoms with Gasteiger partial charge in [-0.15, -0.1) is 0 Å². The molecule has 0 atom stereocenters. The maximum absolute atomic E-state index is 12.9. The summed E-state index contributed by atoms with van der Waals surface area (Å²) in [5.41, 5.74) is 1.08. The molecule has 0 heterocycles. The number of ether oxygens (including phenoxy) is 1. The lowest BCUT2D eigenvalue weighted by atomic mass is 10.2. The second-order valence-corrected chi connectivity index (χ2v) is 8.30. The maximum atomic E-state index is 12.9. The van der Waals surface area contributed by atoms with Crippen LogP contribution < -0.4 is 4.31 Å². The number of carbonyl (C=O) groups is 1. The minimum Gasteiger partial charge on any atom is -0.457 e. The minimum atomic E-state index is -3.87. The van der Waals surface area contributed by atoms with Crippen LogP contribution in [0.15, 0.2) is 83.8 Å². The average molecular weight is 426 g/mol. The van der Waals surface area contributed by atoms with Crippen LogP contribution in [0.25, 0.3) is 0 Å². The van der Waals surface area contributed by atoms with E-state index in [-0.39, 0.29) is 22.8 Å².